The third kappa shape index (κ3) is 3.66. The number of hydrogen-bond donors (Lipinski definition) is 2. The van der Waals surface area contributed by atoms with Crippen molar-refractivity contribution in [2.45, 2.75) is 50.5 Å². The van der Waals surface area contributed by atoms with Crippen molar-refractivity contribution in [3.8, 4) is 0 Å². The number of carbonyl (C=O) groups is 3. The molecule has 2 amide bonds. The van der Waals surface area contributed by atoms with Crippen LogP contribution in [0.15, 0.2) is 12.7 Å². The molecule has 10 nitrogen and oxygen atoms in total. The smallest absolute Gasteiger partial charge is 0.310 e. The summed E-state index contributed by atoms with van der Waals surface area (Å²) in [7, 11) is 0. The van der Waals surface area contributed by atoms with Crippen LogP contribution in [0.4, 0.5) is 0 Å². The highest BCUT2D eigenvalue weighted by molar-refractivity contribution is 5.98. The van der Waals surface area contributed by atoms with Crippen molar-refractivity contribution in [2.24, 2.45) is 17.8 Å². The number of morpholine rings is 1. The number of carboxylic acid groups (broad SMARTS) is 1. The number of rotatable bonds is 9. The van der Waals surface area contributed by atoms with Gasteiger partial charge in [0.2, 0.25) is 11.8 Å². The zero-order valence-corrected chi connectivity index (χ0v) is 20.3. The molecule has 4 heterocycles. The molecule has 4 saturated heterocycles. The Labute approximate surface area is 200 Å². The summed E-state index contributed by atoms with van der Waals surface area (Å²) in [6.07, 6.45) is 2.07. The quantitative estimate of drug-likeness (QED) is 0.437. The first-order valence-electron chi connectivity index (χ1n) is 12.2. The fourth-order valence-corrected chi connectivity index (χ4v) is 6.60. The number of aliphatic carboxylic acids is 1. The summed E-state index contributed by atoms with van der Waals surface area (Å²) in [5, 5.41) is 20.0. The summed E-state index contributed by atoms with van der Waals surface area (Å²) in [5.74, 6) is -3.94. The van der Waals surface area contributed by atoms with Gasteiger partial charge in [-0.05, 0) is 26.2 Å². The second-order valence-electron chi connectivity index (χ2n) is 10.3. The summed E-state index contributed by atoms with van der Waals surface area (Å²) in [6.45, 7) is 13.1. The number of fused-ring (bicyclic) bond motifs is 1. The molecule has 34 heavy (non-hydrogen) atoms. The normalized spacial score (nSPS) is 38.1. The van der Waals surface area contributed by atoms with Crippen molar-refractivity contribution in [1.82, 2.24) is 14.7 Å². The average Bonchev–Trinajstić information content (AvgIpc) is 3.33. The number of likely N-dealkylation sites (tertiary alicyclic amines) is 1. The standard InChI is InChI=1S/C24H37N3O7/c1-5-6-26(8-7-25-9-11-33-12-10-25)21(30)19-24-13-15(2)23(4,34-24)18(22(31)32)17(24)20(29)27(19)16(3)14-28/h5,15-19,28H,1,6-14H2,2-4H3,(H,31,32)/t15?,16-,17+,18-,19?,23+,24?/m1/s1. The number of hydrogen-bond acceptors (Lipinski definition) is 7. The molecule has 0 radical (unpaired) electrons. The predicted octanol–water partition coefficient (Wildman–Crippen LogP) is -0.191. The highest BCUT2D eigenvalue weighted by Crippen LogP contribution is 2.65. The molecule has 4 fully saturated rings. The summed E-state index contributed by atoms with van der Waals surface area (Å²) in [5.41, 5.74) is -2.26. The van der Waals surface area contributed by atoms with E-state index in [1.165, 1.54) is 4.90 Å². The first-order valence-corrected chi connectivity index (χ1v) is 12.2. The molecule has 0 aromatic rings. The number of ether oxygens (including phenoxy) is 2. The van der Waals surface area contributed by atoms with Crippen LogP contribution in [-0.4, -0.2) is 119 Å². The number of nitrogens with zero attached hydrogens (tertiary/aromatic N) is 3. The van der Waals surface area contributed by atoms with Gasteiger partial charge in [0.15, 0.2) is 0 Å². The van der Waals surface area contributed by atoms with E-state index in [1.807, 2.05) is 6.92 Å². The summed E-state index contributed by atoms with van der Waals surface area (Å²) in [6, 6.07) is -1.64. The molecule has 7 atom stereocenters. The van der Waals surface area contributed by atoms with Crippen molar-refractivity contribution in [3.05, 3.63) is 12.7 Å². The molecule has 0 aromatic carbocycles. The lowest BCUT2D eigenvalue weighted by atomic mass is 9.62. The molecular weight excluding hydrogens is 442 g/mol. The second-order valence-corrected chi connectivity index (χ2v) is 10.3. The van der Waals surface area contributed by atoms with Crippen LogP contribution in [0.1, 0.15) is 27.2 Å². The first-order chi connectivity index (χ1) is 16.1. The van der Waals surface area contributed by atoms with Gasteiger partial charge in [0.05, 0.1) is 37.4 Å². The third-order valence-corrected chi connectivity index (χ3v) is 8.44. The predicted molar refractivity (Wildman–Crippen MR) is 122 cm³/mol. The van der Waals surface area contributed by atoms with Gasteiger partial charge in [-0.3, -0.25) is 19.3 Å². The number of aliphatic hydroxyl groups is 1. The van der Waals surface area contributed by atoms with Crippen LogP contribution in [-0.2, 0) is 23.9 Å². The van der Waals surface area contributed by atoms with Crippen LogP contribution in [0.25, 0.3) is 0 Å². The van der Waals surface area contributed by atoms with E-state index in [1.54, 1.807) is 24.8 Å². The lowest BCUT2D eigenvalue weighted by Crippen LogP contribution is -2.59. The van der Waals surface area contributed by atoms with Gasteiger partial charge < -0.3 is 29.5 Å². The zero-order valence-electron chi connectivity index (χ0n) is 20.3. The second kappa shape index (κ2) is 9.22. The lowest BCUT2D eigenvalue weighted by molar-refractivity contribution is -0.159. The van der Waals surface area contributed by atoms with E-state index in [2.05, 4.69) is 11.5 Å². The van der Waals surface area contributed by atoms with E-state index in [9.17, 15) is 24.6 Å². The molecule has 10 heteroatoms. The van der Waals surface area contributed by atoms with Crippen molar-refractivity contribution >= 4 is 17.8 Å². The van der Waals surface area contributed by atoms with E-state index in [4.69, 9.17) is 9.47 Å². The molecule has 4 aliphatic rings. The van der Waals surface area contributed by atoms with E-state index < -0.39 is 47.0 Å². The minimum Gasteiger partial charge on any atom is -0.481 e. The Morgan fingerprint density at radius 3 is 2.62 bits per heavy atom. The molecule has 4 rings (SSSR count). The van der Waals surface area contributed by atoms with Gasteiger partial charge in [0.25, 0.3) is 0 Å². The van der Waals surface area contributed by atoms with Crippen LogP contribution in [0.3, 0.4) is 0 Å². The van der Waals surface area contributed by atoms with Crippen LogP contribution in [0.5, 0.6) is 0 Å². The highest BCUT2D eigenvalue weighted by atomic mass is 16.5. The topological polar surface area (TPSA) is 120 Å². The number of aliphatic hydroxyl groups excluding tert-OH is 1. The van der Waals surface area contributed by atoms with Crippen molar-refractivity contribution in [1.29, 1.82) is 0 Å². The van der Waals surface area contributed by atoms with Crippen molar-refractivity contribution in [3.63, 3.8) is 0 Å². The van der Waals surface area contributed by atoms with Gasteiger partial charge in [-0.15, -0.1) is 6.58 Å². The molecule has 3 unspecified atom stereocenters. The molecular formula is C24H37N3O7. The largest absolute Gasteiger partial charge is 0.481 e. The van der Waals surface area contributed by atoms with Gasteiger partial charge in [0, 0.05) is 32.7 Å². The van der Waals surface area contributed by atoms with Gasteiger partial charge in [-0.1, -0.05) is 13.0 Å². The van der Waals surface area contributed by atoms with Crippen molar-refractivity contribution in [2.75, 3.05) is 52.5 Å². The fraction of sp³-hybridized carbons (Fsp3) is 0.792. The first kappa shape index (κ1) is 25.1. The highest BCUT2D eigenvalue weighted by Gasteiger charge is 2.80. The number of carbonyl (C=O) groups excluding carboxylic acids is 2. The van der Waals surface area contributed by atoms with Crippen LogP contribution in [0.2, 0.25) is 0 Å². The molecule has 1 spiro atoms. The Hall–Kier alpha value is -2.01. The Morgan fingerprint density at radius 1 is 1.35 bits per heavy atom. The van der Waals surface area contributed by atoms with Crippen LogP contribution in [0, 0.1) is 17.8 Å². The van der Waals surface area contributed by atoms with E-state index in [0.717, 1.165) is 13.1 Å². The fourth-order valence-electron chi connectivity index (χ4n) is 6.60. The monoisotopic (exact) mass is 479 g/mol. The van der Waals surface area contributed by atoms with E-state index in [0.29, 0.717) is 39.3 Å². The third-order valence-electron chi connectivity index (χ3n) is 8.44. The molecule has 0 aromatic heterocycles. The maximum absolute atomic E-state index is 14.1. The molecule has 0 saturated carbocycles. The summed E-state index contributed by atoms with van der Waals surface area (Å²) < 4.78 is 11.9. The van der Waals surface area contributed by atoms with Gasteiger partial charge in [0.1, 0.15) is 17.6 Å². The molecule has 190 valence electrons. The molecule has 2 bridgehead atoms. The molecule has 2 N–H and O–H groups in total. The Bertz CT molecular complexity index is 846. The lowest BCUT2D eigenvalue weighted by Gasteiger charge is -2.39. The van der Waals surface area contributed by atoms with Gasteiger partial charge >= 0.3 is 5.97 Å². The Balaban J connectivity index is 1.69. The van der Waals surface area contributed by atoms with Crippen LogP contribution >= 0.6 is 0 Å². The van der Waals surface area contributed by atoms with E-state index in [-0.39, 0.29) is 18.4 Å². The van der Waals surface area contributed by atoms with Crippen LogP contribution < -0.4 is 0 Å². The zero-order chi connectivity index (χ0) is 24.8. The summed E-state index contributed by atoms with van der Waals surface area (Å²) in [4.78, 5) is 45.5. The minimum absolute atomic E-state index is 0.140. The SMILES string of the molecule is C=CCN(CCN1CCOCC1)C(=O)C1N([C@H](C)CO)C(=O)[C@@H]2[C@H](C(=O)O)[C@@]3(C)OC12CC3C. The van der Waals surface area contributed by atoms with E-state index >= 15 is 0 Å². The minimum atomic E-state index is -1.23. The Morgan fingerprint density at radius 2 is 2.03 bits per heavy atom. The number of amides is 2. The maximum atomic E-state index is 14.1. The van der Waals surface area contributed by atoms with Gasteiger partial charge in [-0.25, -0.2) is 0 Å². The maximum Gasteiger partial charge on any atom is 0.310 e. The van der Waals surface area contributed by atoms with Gasteiger partial charge in [-0.2, -0.15) is 0 Å². The average molecular weight is 480 g/mol. The molecule has 4 aliphatic heterocycles. The summed E-state index contributed by atoms with van der Waals surface area (Å²) >= 11 is 0. The van der Waals surface area contributed by atoms with Crippen molar-refractivity contribution < 1.29 is 34.1 Å². The number of carboxylic acids is 1. The Kier molecular flexibility index (Phi) is 6.80. The molecule has 0 aliphatic carbocycles.